The van der Waals surface area contributed by atoms with Gasteiger partial charge >= 0.3 is 0 Å². The maximum Gasteiger partial charge on any atom is 0.279 e. The SMILES string of the molecule is CC[N+]1(CC)c2nc(C3=CCC(N)CC3)ccc2N(CC2CC2(F)F)S1(O)O. The van der Waals surface area contributed by atoms with E-state index in [1.807, 2.05) is 26.0 Å². The molecular formula is C19H29F2N4O2S+. The first kappa shape index (κ1) is 20.0. The van der Waals surface area contributed by atoms with Gasteiger partial charge in [0.1, 0.15) is 18.8 Å². The molecular weight excluding hydrogens is 386 g/mol. The Morgan fingerprint density at radius 3 is 2.54 bits per heavy atom. The largest absolute Gasteiger partial charge is 0.327 e. The van der Waals surface area contributed by atoms with Gasteiger partial charge in [0.15, 0.2) is 0 Å². The molecule has 4 N–H and O–H groups in total. The molecule has 2 atom stereocenters. The smallest absolute Gasteiger partial charge is 0.279 e. The number of halogens is 2. The van der Waals surface area contributed by atoms with E-state index in [1.54, 1.807) is 0 Å². The number of allylic oxidation sites excluding steroid dienone is 1. The molecule has 1 fully saturated rings. The van der Waals surface area contributed by atoms with Crippen LogP contribution in [0.1, 0.15) is 45.2 Å². The number of hydrogen-bond donors (Lipinski definition) is 3. The summed E-state index contributed by atoms with van der Waals surface area (Å²) in [4.78, 5) is 4.84. The molecule has 2 heterocycles. The Hall–Kier alpha value is -1.26. The number of rotatable bonds is 5. The third-order valence-corrected chi connectivity index (χ3v) is 8.98. The van der Waals surface area contributed by atoms with Gasteiger partial charge in [-0.15, -0.1) is 3.89 Å². The molecule has 0 saturated heterocycles. The Balaban J connectivity index is 1.77. The maximum atomic E-state index is 13.6. The number of fused-ring (bicyclic) bond motifs is 1. The van der Waals surface area contributed by atoms with E-state index in [1.165, 1.54) is 4.31 Å². The van der Waals surface area contributed by atoms with Crippen molar-refractivity contribution in [1.29, 1.82) is 0 Å². The topological polar surface area (TPSA) is 82.6 Å². The number of hydrogen-bond acceptors (Lipinski definition) is 5. The highest BCUT2D eigenvalue weighted by atomic mass is 32.3. The molecule has 3 aliphatic rings. The fourth-order valence-electron chi connectivity index (χ4n) is 4.37. The first-order valence-electron chi connectivity index (χ1n) is 9.94. The Morgan fingerprint density at radius 2 is 2.00 bits per heavy atom. The van der Waals surface area contributed by atoms with E-state index in [0.717, 1.165) is 30.5 Å². The van der Waals surface area contributed by atoms with Crippen molar-refractivity contribution in [2.45, 2.75) is 51.5 Å². The van der Waals surface area contributed by atoms with Crippen LogP contribution in [0.4, 0.5) is 20.3 Å². The van der Waals surface area contributed by atoms with E-state index in [4.69, 9.17) is 10.7 Å². The highest BCUT2D eigenvalue weighted by molar-refractivity contribution is 8.25. The molecule has 9 heteroatoms. The molecule has 0 aromatic carbocycles. The summed E-state index contributed by atoms with van der Waals surface area (Å²) in [6.45, 7) is 4.53. The predicted octanol–water partition coefficient (Wildman–Crippen LogP) is 4.38. The standard InChI is InChI=1S/C19H28F2N4O2S/c1-3-25(4-2)18-17(24(28(25,26)27)12-14-11-19(14,20)21)10-9-16(23-18)13-5-7-15(22)8-6-13/h5,9-10,14-15H,3-4,6-8,11-12,22H2,1-2H3,(H-,26,27)/p+1. The lowest BCUT2D eigenvalue weighted by molar-refractivity contribution is 0.101. The third-order valence-electron chi connectivity index (χ3n) is 6.42. The summed E-state index contributed by atoms with van der Waals surface area (Å²) in [5, 5.41) is 0. The van der Waals surface area contributed by atoms with Crippen LogP contribution in [0.2, 0.25) is 0 Å². The number of pyridine rings is 1. The van der Waals surface area contributed by atoms with Crippen molar-refractivity contribution in [2.24, 2.45) is 11.7 Å². The number of aromatic nitrogens is 1. The van der Waals surface area contributed by atoms with Gasteiger partial charge in [0, 0.05) is 29.3 Å². The number of anilines is 1. The van der Waals surface area contributed by atoms with Crippen molar-refractivity contribution in [3.05, 3.63) is 23.9 Å². The Bertz CT molecular complexity index is 813. The van der Waals surface area contributed by atoms with Crippen LogP contribution < -0.4 is 13.9 Å². The van der Waals surface area contributed by atoms with Gasteiger partial charge in [-0.05, 0) is 50.8 Å². The third kappa shape index (κ3) is 2.87. The fourth-order valence-corrected chi connectivity index (χ4v) is 6.60. The zero-order valence-electron chi connectivity index (χ0n) is 16.3. The van der Waals surface area contributed by atoms with E-state index >= 15 is 0 Å². The van der Waals surface area contributed by atoms with Crippen LogP contribution in [0, 0.1) is 5.92 Å². The minimum Gasteiger partial charge on any atom is -0.327 e. The second kappa shape index (κ2) is 6.63. The molecule has 0 radical (unpaired) electrons. The minimum absolute atomic E-state index is 0.0685. The number of alkyl halides is 2. The van der Waals surface area contributed by atoms with Gasteiger partial charge in [-0.3, -0.25) is 0 Å². The molecule has 2 unspecified atom stereocenters. The molecule has 1 aromatic rings. The van der Waals surface area contributed by atoms with Gasteiger partial charge in [0.2, 0.25) is 0 Å². The Morgan fingerprint density at radius 1 is 1.32 bits per heavy atom. The molecule has 1 aliphatic heterocycles. The average molecular weight is 416 g/mol. The second-order valence-corrected chi connectivity index (χ2v) is 10.2. The van der Waals surface area contributed by atoms with Gasteiger partial charge in [0.05, 0.1) is 12.2 Å². The quantitative estimate of drug-likeness (QED) is 0.622. The lowest BCUT2D eigenvalue weighted by Gasteiger charge is -2.47. The van der Waals surface area contributed by atoms with E-state index in [-0.39, 0.29) is 22.9 Å². The number of quaternary nitrogens is 1. The summed E-state index contributed by atoms with van der Waals surface area (Å²) in [5.41, 5.74) is 8.46. The van der Waals surface area contributed by atoms with Crippen LogP contribution in [0.3, 0.4) is 0 Å². The molecule has 6 nitrogen and oxygen atoms in total. The van der Waals surface area contributed by atoms with Crippen LogP contribution in [0.5, 0.6) is 0 Å². The molecule has 156 valence electrons. The van der Waals surface area contributed by atoms with Gasteiger partial charge < -0.3 is 5.73 Å². The van der Waals surface area contributed by atoms with Crippen LogP contribution >= 0.6 is 11.0 Å². The predicted molar refractivity (Wildman–Crippen MR) is 110 cm³/mol. The molecule has 2 aliphatic carbocycles. The van der Waals surface area contributed by atoms with Crippen molar-refractivity contribution < 1.29 is 17.9 Å². The first-order chi connectivity index (χ1) is 13.2. The van der Waals surface area contributed by atoms with Gasteiger partial charge in [0.25, 0.3) is 11.7 Å². The number of nitrogens with two attached hydrogens (primary N) is 1. The number of nitrogens with zero attached hydrogens (tertiary/aromatic N) is 3. The lowest BCUT2D eigenvalue weighted by Crippen LogP contribution is -2.52. The van der Waals surface area contributed by atoms with Crippen LogP contribution in [0.25, 0.3) is 5.57 Å². The van der Waals surface area contributed by atoms with Gasteiger partial charge in [-0.2, -0.15) is 4.98 Å². The summed E-state index contributed by atoms with van der Waals surface area (Å²) < 4.78 is 50.8. The summed E-state index contributed by atoms with van der Waals surface area (Å²) in [7, 11) is -3.37. The molecule has 28 heavy (non-hydrogen) atoms. The molecule has 0 bridgehead atoms. The maximum absolute atomic E-state index is 13.6. The zero-order valence-corrected chi connectivity index (χ0v) is 17.1. The molecule has 0 amide bonds. The van der Waals surface area contributed by atoms with Crippen molar-refractivity contribution in [2.75, 3.05) is 23.9 Å². The Labute approximate surface area is 166 Å². The molecule has 1 saturated carbocycles. The molecule has 4 rings (SSSR count). The summed E-state index contributed by atoms with van der Waals surface area (Å²) in [6.07, 6.45) is 4.42. The monoisotopic (exact) mass is 415 g/mol. The van der Waals surface area contributed by atoms with Crippen LogP contribution in [-0.4, -0.2) is 45.7 Å². The lowest BCUT2D eigenvalue weighted by atomic mass is 9.93. The summed E-state index contributed by atoms with van der Waals surface area (Å²) >= 11 is 0. The van der Waals surface area contributed by atoms with E-state index in [9.17, 15) is 17.9 Å². The normalized spacial score (nSPS) is 30.5. The van der Waals surface area contributed by atoms with Crippen molar-refractivity contribution in [3.8, 4) is 0 Å². The summed E-state index contributed by atoms with van der Waals surface area (Å²) in [5.74, 6) is -2.99. The summed E-state index contributed by atoms with van der Waals surface area (Å²) in [6, 6.07) is 3.84. The van der Waals surface area contributed by atoms with E-state index < -0.39 is 22.8 Å². The van der Waals surface area contributed by atoms with Gasteiger partial charge in [-0.1, -0.05) is 6.08 Å². The zero-order chi connectivity index (χ0) is 20.3. The van der Waals surface area contributed by atoms with Crippen LogP contribution in [0.15, 0.2) is 18.2 Å². The minimum atomic E-state index is -3.37. The van der Waals surface area contributed by atoms with Crippen LogP contribution in [-0.2, 0) is 0 Å². The highest BCUT2D eigenvalue weighted by Gasteiger charge is 2.62. The average Bonchev–Trinajstić information content (AvgIpc) is 3.22. The highest BCUT2D eigenvalue weighted by Crippen LogP contribution is 2.67. The van der Waals surface area contributed by atoms with E-state index in [2.05, 4.69) is 6.08 Å². The van der Waals surface area contributed by atoms with Crippen molar-refractivity contribution >= 4 is 28.0 Å². The van der Waals surface area contributed by atoms with E-state index in [0.29, 0.717) is 24.6 Å². The fraction of sp³-hybridized carbons (Fsp3) is 0.632. The Kier molecular flexibility index (Phi) is 4.74. The molecule has 0 spiro atoms. The van der Waals surface area contributed by atoms with Crippen molar-refractivity contribution in [1.82, 2.24) is 8.87 Å². The molecule has 1 aromatic heterocycles. The first-order valence-corrected chi connectivity index (χ1v) is 11.4. The van der Waals surface area contributed by atoms with Gasteiger partial charge in [-0.25, -0.2) is 22.2 Å². The van der Waals surface area contributed by atoms with Crippen molar-refractivity contribution in [3.63, 3.8) is 0 Å². The second-order valence-electron chi connectivity index (χ2n) is 8.04.